The van der Waals surface area contributed by atoms with Gasteiger partial charge in [-0.2, -0.15) is 0 Å². The van der Waals surface area contributed by atoms with Crippen LogP contribution in [0.25, 0.3) is 0 Å². The van der Waals surface area contributed by atoms with Gasteiger partial charge in [0.05, 0.1) is 6.04 Å². The smallest absolute Gasteiger partial charge is 0.0686 e. The van der Waals surface area contributed by atoms with Gasteiger partial charge in [0.1, 0.15) is 0 Å². The van der Waals surface area contributed by atoms with Gasteiger partial charge < -0.3 is 10.4 Å². The first kappa shape index (κ1) is 13.5. The van der Waals surface area contributed by atoms with Crippen molar-refractivity contribution >= 4 is 0 Å². The Balaban J connectivity index is 3.21. The molecule has 0 fully saturated rings. The lowest BCUT2D eigenvalue weighted by molar-refractivity contribution is 0.282. The van der Waals surface area contributed by atoms with Crippen LogP contribution in [0.1, 0.15) is 45.4 Å². The molecule has 14 heavy (non-hydrogen) atoms. The molecule has 0 aliphatic carbocycles. The zero-order valence-electron chi connectivity index (χ0n) is 9.26. The summed E-state index contributed by atoms with van der Waals surface area (Å²) in [5.74, 6) is 2.75. The van der Waals surface area contributed by atoms with Gasteiger partial charge in [-0.1, -0.05) is 32.1 Å². The molecular weight excluding hydrogens is 174 g/mol. The fourth-order valence-electron chi connectivity index (χ4n) is 1.40. The predicted octanol–water partition coefficient (Wildman–Crippen LogP) is 1.93. The molecule has 0 heterocycles. The standard InChI is InChI=1S/C12H23NO/c1-3-9-12(4-2)13-10-7-5-6-8-11-14/h2,12-14H,3,5-11H2,1H3. The van der Waals surface area contributed by atoms with E-state index in [9.17, 15) is 0 Å². The topological polar surface area (TPSA) is 32.3 Å². The second-order valence-corrected chi connectivity index (χ2v) is 3.60. The summed E-state index contributed by atoms with van der Waals surface area (Å²) >= 11 is 0. The van der Waals surface area contributed by atoms with Crippen molar-refractivity contribution in [1.29, 1.82) is 0 Å². The number of nitrogens with one attached hydrogen (secondary N) is 1. The van der Waals surface area contributed by atoms with Gasteiger partial charge >= 0.3 is 0 Å². The van der Waals surface area contributed by atoms with E-state index in [4.69, 9.17) is 11.5 Å². The van der Waals surface area contributed by atoms with Crippen molar-refractivity contribution in [2.75, 3.05) is 13.2 Å². The third-order valence-electron chi connectivity index (χ3n) is 2.25. The Morgan fingerprint density at radius 1 is 1.29 bits per heavy atom. The van der Waals surface area contributed by atoms with Crippen molar-refractivity contribution in [3.05, 3.63) is 0 Å². The molecule has 2 N–H and O–H groups in total. The van der Waals surface area contributed by atoms with Gasteiger partial charge in [-0.25, -0.2) is 0 Å². The molecule has 0 aromatic carbocycles. The van der Waals surface area contributed by atoms with E-state index in [0.29, 0.717) is 6.61 Å². The van der Waals surface area contributed by atoms with Gasteiger partial charge in [-0.3, -0.25) is 0 Å². The zero-order valence-corrected chi connectivity index (χ0v) is 9.26. The molecule has 0 aliphatic heterocycles. The van der Waals surface area contributed by atoms with Gasteiger partial charge in [0.15, 0.2) is 0 Å². The summed E-state index contributed by atoms with van der Waals surface area (Å²) < 4.78 is 0. The molecule has 0 radical (unpaired) electrons. The Morgan fingerprint density at radius 3 is 2.57 bits per heavy atom. The molecule has 0 aliphatic rings. The fourth-order valence-corrected chi connectivity index (χ4v) is 1.40. The van der Waals surface area contributed by atoms with Gasteiger partial charge in [0.25, 0.3) is 0 Å². The Kier molecular flexibility index (Phi) is 10.2. The van der Waals surface area contributed by atoms with Crippen LogP contribution in [0.3, 0.4) is 0 Å². The maximum atomic E-state index is 8.58. The van der Waals surface area contributed by atoms with Crippen molar-refractivity contribution in [3.8, 4) is 12.3 Å². The van der Waals surface area contributed by atoms with Crippen molar-refractivity contribution in [2.24, 2.45) is 0 Å². The summed E-state index contributed by atoms with van der Waals surface area (Å²) in [5.41, 5.74) is 0. The van der Waals surface area contributed by atoms with Crippen LogP contribution in [-0.4, -0.2) is 24.3 Å². The van der Waals surface area contributed by atoms with Crippen molar-refractivity contribution < 1.29 is 5.11 Å². The van der Waals surface area contributed by atoms with E-state index in [1.165, 1.54) is 6.42 Å². The third kappa shape index (κ3) is 8.10. The van der Waals surface area contributed by atoms with Crippen molar-refractivity contribution in [3.63, 3.8) is 0 Å². The summed E-state index contributed by atoms with van der Waals surface area (Å²) in [6.45, 7) is 3.46. The van der Waals surface area contributed by atoms with E-state index < -0.39 is 0 Å². The molecule has 0 saturated heterocycles. The normalized spacial score (nSPS) is 12.4. The van der Waals surface area contributed by atoms with E-state index in [0.717, 1.165) is 38.6 Å². The summed E-state index contributed by atoms with van der Waals surface area (Å²) in [4.78, 5) is 0. The van der Waals surface area contributed by atoms with Gasteiger partial charge in [-0.15, -0.1) is 6.42 Å². The molecule has 0 aromatic heterocycles. The number of hydrogen-bond donors (Lipinski definition) is 2. The second kappa shape index (κ2) is 10.6. The largest absolute Gasteiger partial charge is 0.396 e. The van der Waals surface area contributed by atoms with Crippen LogP contribution in [-0.2, 0) is 0 Å². The van der Waals surface area contributed by atoms with Crippen LogP contribution in [0.15, 0.2) is 0 Å². The first-order valence-corrected chi connectivity index (χ1v) is 5.65. The molecule has 1 atom stereocenters. The number of unbranched alkanes of at least 4 members (excludes halogenated alkanes) is 3. The molecule has 0 saturated carbocycles. The lowest BCUT2D eigenvalue weighted by atomic mass is 10.1. The minimum Gasteiger partial charge on any atom is -0.396 e. The Morgan fingerprint density at radius 2 is 2.00 bits per heavy atom. The number of hydrogen-bond acceptors (Lipinski definition) is 2. The van der Waals surface area contributed by atoms with E-state index in [-0.39, 0.29) is 6.04 Å². The Labute approximate surface area is 88.1 Å². The number of rotatable bonds is 9. The van der Waals surface area contributed by atoms with Crippen LogP contribution >= 0.6 is 0 Å². The highest BCUT2D eigenvalue weighted by Gasteiger charge is 2.00. The highest BCUT2D eigenvalue weighted by molar-refractivity contribution is 4.98. The van der Waals surface area contributed by atoms with Crippen molar-refractivity contribution in [1.82, 2.24) is 5.32 Å². The Bertz CT molecular complexity index is 151. The van der Waals surface area contributed by atoms with Crippen LogP contribution in [0, 0.1) is 12.3 Å². The van der Waals surface area contributed by atoms with Gasteiger partial charge in [0, 0.05) is 6.61 Å². The maximum absolute atomic E-state index is 8.58. The third-order valence-corrected chi connectivity index (χ3v) is 2.25. The van der Waals surface area contributed by atoms with E-state index in [1.807, 2.05) is 0 Å². The first-order valence-electron chi connectivity index (χ1n) is 5.65. The second-order valence-electron chi connectivity index (χ2n) is 3.60. The van der Waals surface area contributed by atoms with Crippen LogP contribution < -0.4 is 5.32 Å². The lowest BCUT2D eigenvalue weighted by Gasteiger charge is -2.11. The number of terminal acetylenes is 1. The molecule has 2 nitrogen and oxygen atoms in total. The van der Waals surface area contributed by atoms with Crippen LogP contribution in [0.5, 0.6) is 0 Å². The summed E-state index contributed by atoms with van der Waals surface area (Å²) in [5, 5.41) is 11.9. The fraction of sp³-hybridized carbons (Fsp3) is 0.833. The SMILES string of the molecule is C#CC(CCC)NCCCCCCO. The molecule has 0 rings (SSSR count). The van der Waals surface area contributed by atoms with Crippen LogP contribution in [0.4, 0.5) is 0 Å². The summed E-state index contributed by atoms with van der Waals surface area (Å²) in [6.07, 6.45) is 11.9. The molecule has 0 bridgehead atoms. The number of aliphatic hydroxyl groups is 1. The predicted molar refractivity (Wildman–Crippen MR) is 61.1 cm³/mol. The van der Waals surface area contributed by atoms with Gasteiger partial charge in [-0.05, 0) is 25.8 Å². The molecule has 2 heteroatoms. The molecule has 0 amide bonds. The number of aliphatic hydroxyl groups excluding tert-OH is 1. The highest BCUT2D eigenvalue weighted by atomic mass is 16.2. The molecule has 1 unspecified atom stereocenters. The summed E-state index contributed by atoms with van der Waals surface area (Å²) in [7, 11) is 0. The zero-order chi connectivity index (χ0) is 10.6. The minimum absolute atomic E-state index is 0.248. The molecule has 0 aromatic rings. The monoisotopic (exact) mass is 197 g/mol. The summed E-state index contributed by atoms with van der Waals surface area (Å²) in [6, 6.07) is 0.248. The van der Waals surface area contributed by atoms with E-state index in [2.05, 4.69) is 18.2 Å². The minimum atomic E-state index is 0.248. The Hall–Kier alpha value is -0.520. The van der Waals surface area contributed by atoms with E-state index >= 15 is 0 Å². The maximum Gasteiger partial charge on any atom is 0.0686 e. The van der Waals surface area contributed by atoms with Crippen molar-refractivity contribution in [2.45, 2.75) is 51.5 Å². The molecular formula is C12H23NO. The average molecular weight is 197 g/mol. The molecule has 0 spiro atoms. The van der Waals surface area contributed by atoms with E-state index in [1.54, 1.807) is 0 Å². The van der Waals surface area contributed by atoms with Crippen LogP contribution in [0.2, 0.25) is 0 Å². The highest BCUT2D eigenvalue weighted by Crippen LogP contribution is 1.99. The average Bonchev–Trinajstić information content (AvgIpc) is 2.21. The lowest BCUT2D eigenvalue weighted by Crippen LogP contribution is -2.28. The quantitative estimate of drug-likeness (QED) is 0.437. The molecule has 82 valence electrons. The van der Waals surface area contributed by atoms with Gasteiger partial charge in [0.2, 0.25) is 0 Å². The first-order chi connectivity index (χ1) is 6.85.